The number of carbonyl (C=O) groups is 3. The Kier molecular flexibility index (Phi) is 8.25. The number of carbonyl (C=O) groups excluding carboxylic acids is 3. The van der Waals surface area contributed by atoms with E-state index in [1.165, 1.54) is 28.4 Å². The third-order valence-corrected chi connectivity index (χ3v) is 10.2. The van der Waals surface area contributed by atoms with E-state index in [0.717, 1.165) is 55.0 Å². The van der Waals surface area contributed by atoms with Gasteiger partial charge < -0.3 is 10.1 Å². The van der Waals surface area contributed by atoms with E-state index in [4.69, 9.17) is 4.74 Å². The Morgan fingerprint density at radius 3 is 2.60 bits per heavy atom. The zero-order chi connectivity index (χ0) is 30.1. The Bertz CT molecular complexity index is 1680. The van der Waals surface area contributed by atoms with Crippen molar-refractivity contribution in [3.05, 3.63) is 57.6 Å². The van der Waals surface area contributed by atoms with Crippen molar-refractivity contribution in [2.24, 2.45) is 11.8 Å². The lowest BCUT2D eigenvalue weighted by Gasteiger charge is -2.19. The molecule has 1 aliphatic carbocycles. The molecule has 2 aromatic carbocycles. The molecule has 3 amide bonds. The second-order valence-electron chi connectivity index (χ2n) is 10.7. The van der Waals surface area contributed by atoms with Gasteiger partial charge in [0, 0.05) is 19.2 Å². The topological polar surface area (TPSA) is 156 Å². The second-order valence-corrected chi connectivity index (χ2v) is 13.1. The van der Waals surface area contributed by atoms with Crippen molar-refractivity contribution in [2.45, 2.75) is 53.9 Å². The van der Waals surface area contributed by atoms with E-state index in [0.29, 0.717) is 39.2 Å². The van der Waals surface area contributed by atoms with Gasteiger partial charge in [-0.05, 0) is 61.6 Å². The van der Waals surface area contributed by atoms with Gasteiger partial charge in [0.05, 0.1) is 43.7 Å². The molecule has 1 N–H and O–H groups in total. The number of fused-ring (bicyclic) bond motifs is 2. The van der Waals surface area contributed by atoms with Gasteiger partial charge in [0.2, 0.25) is 11.8 Å². The number of hydrogen-bond donors (Lipinski definition) is 1. The number of amides is 3. The lowest BCUT2D eigenvalue weighted by Crippen LogP contribution is -2.32. The van der Waals surface area contributed by atoms with E-state index in [9.17, 15) is 29.8 Å². The average Bonchev–Trinajstić information content (AvgIpc) is 3.73. The van der Waals surface area contributed by atoms with Crippen LogP contribution < -0.4 is 10.2 Å². The Morgan fingerprint density at radius 2 is 1.93 bits per heavy atom. The van der Waals surface area contributed by atoms with E-state index in [-0.39, 0.29) is 41.0 Å². The summed E-state index contributed by atoms with van der Waals surface area (Å²) in [5.74, 6) is -1.33. The van der Waals surface area contributed by atoms with Crippen molar-refractivity contribution in [3.63, 3.8) is 0 Å². The molecule has 2 saturated heterocycles. The number of nitro benzene ring substituents is 1. The Hall–Kier alpha value is -4.12. The number of ether oxygens (including phenoxy) is 1. The molecule has 3 aliphatic rings. The van der Waals surface area contributed by atoms with E-state index in [2.05, 4.69) is 10.3 Å². The monoisotopic (exact) mass is 617 g/mol. The lowest BCUT2D eigenvalue weighted by molar-refractivity contribution is -0.387. The Balaban J connectivity index is 1.20. The van der Waals surface area contributed by atoms with Gasteiger partial charge in [0.1, 0.15) is 11.6 Å². The van der Waals surface area contributed by atoms with E-state index in [1.807, 2.05) is 6.07 Å². The van der Waals surface area contributed by atoms with Gasteiger partial charge in [-0.2, -0.15) is 5.26 Å². The quantitative estimate of drug-likeness (QED) is 0.117. The predicted molar refractivity (Wildman–Crippen MR) is 160 cm³/mol. The molecule has 11 nitrogen and oxygen atoms in total. The van der Waals surface area contributed by atoms with Crippen LogP contribution in [-0.2, 0) is 19.1 Å². The average molecular weight is 618 g/mol. The SMILES string of the molecule is N#C/C(=C\c1ccc(Sc2nc3ccc(N4C(=O)[C@H]5CCCC[C@H]5C4=O)cc3s2)c([N+](=O)[O-])c1)C(=O)NC[C@H]1CCCO1. The molecule has 13 heteroatoms. The maximum atomic E-state index is 13.0. The van der Waals surface area contributed by atoms with E-state index in [1.54, 1.807) is 30.3 Å². The van der Waals surface area contributed by atoms with Gasteiger partial charge in [-0.15, -0.1) is 11.3 Å². The third kappa shape index (κ3) is 5.90. The lowest BCUT2D eigenvalue weighted by atomic mass is 9.81. The van der Waals surface area contributed by atoms with Crippen molar-refractivity contribution in [2.75, 3.05) is 18.1 Å². The molecule has 0 unspecified atom stereocenters. The Labute approximate surface area is 255 Å². The minimum absolute atomic E-state index is 0.0788. The molecule has 0 spiro atoms. The first-order chi connectivity index (χ1) is 20.8. The van der Waals surface area contributed by atoms with E-state index < -0.39 is 10.8 Å². The first-order valence-corrected chi connectivity index (χ1v) is 15.7. The minimum Gasteiger partial charge on any atom is -0.376 e. The van der Waals surface area contributed by atoms with Crippen LogP contribution in [0.2, 0.25) is 0 Å². The first kappa shape index (κ1) is 29.0. The molecule has 2 aliphatic heterocycles. The van der Waals surface area contributed by atoms with Gasteiger partial charge >= 0.3 is 0 Å². The number of thiazole rings is 1. The van der Waals surface area contributed by atoms with E-state index >= 15 is 0 Å². The van der Waals surface area contributed by atoms with Crippen LogP contribution in [0, 0.1) is 33.3 Å². The summed E-state index contributed by atoms with van der Waals surface area (Å²) in [6.07, 6.45) is 6.40. The molecule has 0 radical (unpaired) electrons. The summed E-state index contributed by atoms with van der Waals surface area (Å²) < 4.78 is 6.79. The van der Waals surface area contributed by atoms with Crippen molar-refractivity contribution < 1.29 is 24.0 Å². The van der Waals surface area contributed by atoms with Gasteiger partial charge in [-0.1, -0.05) is 30.7 Å². The molecule has 3 fully saturated rings. The highest BCUT2D eigenvalue weighted by atomic mass is 32.2. The zero-order valence-corrected chi connectivity index (χ0v) is 24.6. The number of aromatic nitrogens is 1. The van der Waals surface area contributed by atoms with Crippen LogP contribution in [0.5, 0.6) is 0 Å². The molecule has 1 aromatic heterocycles. The number of imide groups is 1. The van der Waals surface area contributed by atoms with Gasteiger partial charge in [-0.3, -0.25) is 29.4 Å². The second kappa shape index (κ2) is 12.2. The third-order valence-electron chi connectivity index (χ3n) is 8.02. The summed E-state index contributed by atoms with van der Waals surface area (Å²) in [6.45, 7) is 0.942. The smallest absolute Gasteiger partial charge is 0.283 e. The fourth-order valence-electron chi connectivity index (χ4n) is 5.86. The van der Waals surface area contributed by atoms with Crippen molar-refractivity contribution >= 4 is 68.5 Å². The molecule has 3 aromatic rings. The molecule has 0 bridgehead atoms. The van der Waals surface area contributed by atoms with Crippen LogP contribution in [0.3, 0.4) is 0 Å². The number of rotatable bonds is 8. The molecule has 43 heavy (non-hydrogen) atoms. The molecule has 220 valence electrons. The highest BCUT2D eigenvalue weighted by molar-refractivity contribution is 8.01. The summed E-state index contributed by atoms with van der Waals surface area (Å²) in [7, 11) is 0. The largest absolute Gasteiger partial charge is 0.376 e. The Morgan fingerprint density at radius 1 is 1.16 bits per heavy atom. The number of nitrogens with one attached hydrogen (secondary N) is 1. The van der Waals surface area contributed by atoms with Crippen LogP contribution in [0.4, 0.5) is 11.4 Å². The summed E-state index contributed by atoms with van der Waals surface area (Å²) in [5.41, 5.74) is 1.17. The predicted octanol–water partition coefficient (Wildman–Crippen LogP) is 5.24. The highest BCUT2D eigenvalue weighted by Gasteiger charge is 2.48. The van der Waals surface area contributed by atoms with Crippen LogP contribution in [0.1, 0.15) is 44.1 Å². The molecule has 6 rings (SSSR count). The van der Waals surface area contributed by atoms with Crippen molar-refractivity contribution in [1.29, 1.82) is 5.26 Å². The van der Waals surface area contributed by atoms with Crippen LogP contribution >= 0.6 is 23.1 Å². The first-order valence-electron chi connectivity index (χ1n) is 14.1. The normalized spacial score (nSPS) is 22.1. The van der Waals surface area contributed by atoms with Crippen molar-refractivity contribution in [3.8, 4) is 6.07 Å². The number of hydrogen-bond acceptors (Lipinski definition) is 10. The van der Waals surface area contributed by atoms with Crippen LogP contribution in [-0.4, -0.2) is 46.9 Å². The number of nitriles is 1. The van der Waals surface area contributed by atoms with Crippen LogP contribution in [0.15, 0.2) is 51.2 Å². The summed E-state index contributed by atoms with van der Waals surface area (Å²) in [5, 5.41) is 24.2. The number of benzene rings is 2. The standard InChI is InChI=1S/C30H27N5O6S2/c31-15-18(27(36)32-16-20-4-3-11-41-20)12-17-7-10-25(24(13-17)35(39)40)42-30-33-23-9-8-19(14-26(23)43-30)34-28(37)21-5-1-2-6-22(21)29(34)38/h7-10,12-14,20-22H,1-6,11,16H2,(H,32,36)/b18-12+/t20-,21-,22+/m1/s1. The van der Waals surface area contributed by atoms with Crippen LogP contribution in [0.25, 0.3) is 16.3 Å². The maximum absolute atomic E-state index is 13.0. The number of anilines is 1. The summed E-state index contributed by atoms with van der Waals surface area (Å²) in [6, 6.07) is 11.6. The summed E-state index contributed by atoms with van der Waals surface area (Å²) >= 11 is 2.44. The summed E-state index contributed by atoms with van der Waals surface area (Å²) in [4.78, 5) is 56.3. The molecular weight excluding hydrogens is 590 g/mol. The molecule has 1 saturated carbocycles. The molecular formula is C30H27N5O6S2. The fraction of sp³-hybridized carbons (Fsp3) is 0.367. The maximum Gasteiger partial charge on any atom is 0.283 e. The highest BCUT2D eigenvalue weighted by Crippen LogP contribution is 2.43. The number of nitro groups is 1. The van der Waals surface area contributed by atoms with Gasteiger partial charge in [0.15, 0.2) is 4.34 Å². The molecule has 3 atom stereocenters. The number of nitrogens with zero attached hydrogens (tertiary/aromatic N) is 4. The van der Waals surface area contributed by atoms with Gasteiger partial charge in [-0.25, -0.2) is 4.98 Å². The van der Waals surface area contributed by atoms with Gasteiger partial charge in [0.25, 0.3) is 11.6 Å². The zero-order valence-electron chi connectivity index (χ0n) is 23.0. The minimum atomic E-state index is -0.566. The fourth-order valence-corrected chi connectivity index (χ4v) is 8.00. The van der Waals surface area contributed by atoms with Crippen molar-refractivity contribution in [1.82, 2.24) is 10.3 Å². The molecule has 3 heterocycles.